The summed E-state index contributed by atoms with van der Waals surface area (Å²) in [7, 11) is 0. The zero-order valence-electron chi connectivity index (χ0n) is 19.2. The van der Waals surface area contributed by atoms with Crippen molar-refractivity contribution >= 4 is 58.5 Å². The Morgan fingerprint density at radius 3 is 2.27 bits per heavy atom. The van der Waals surface area contributed by atoms with E-state index in [0.717, 1.165) is 16.0 Å². The van der Waals surface area contributed by atoms with Crippen LogP contribution in [0.2, 0.25) is 10.0 Å². The molecule has 2 fully saturated rings. The molecule has 9 heteroatoms. The van der Waals surface area contributed by atoms with Crippen molar-refractivity contribution in [2.45, 2.75) is 12.1 Å². The molecule has 7 nitrogen and oxygen atoms in total. The third-order valence-electron chi connectivity index (χ3n) is 7.34. The summed E-state index contributed by atoms with van der Waals surface area (Å²) in [6.07, 6.45) is 3.66. The summed E-state index contributed by atoms with van der Waals surface area (Å²) in [6, 6.07) is 16.7. The number of anilines is 1. The number of hydrogen-bond donors (Lipinski definition) is 1. The number of nitrogens with two attached hydrogens (primary N) is 1. The molecule has 37 heavy (non-hydrogen) atoms. The number of hydrogen-bond acceptors (Lipinski definition) is 5. The largest absolute Gasteiger partial charge is 0.366 e. The molecule has 6 rings (SSSR count). The Hall–Kier alpha value is -3.94. The highest BCUT2D eigenvalue weighted by Crippen LogP contribution is 2.54. The molecule has 3 aromatic rings. The standard InChI is InChI=1S/C28H19Cl2N3O4/c29-16-7-10-19(20(30)13-16)25(34)24-22-21(23-18-4-2-1-3-14(18)11-12-32(23)24)27(36)33(28(22)37)17-8-5-15(6-9-17)26(31)35/h1-13,21-24H,(H2,31,35)/t21-,22+,23+,24-/m0/s1. The Balaban J connectivity index is 1.48. The number of imide groups is 1. The summed E-state index contributed by atoms with van der Waals surface area (Å²) in [4.78, 5) is 56.2. The fourth-order valence-electron chi connectivity index (χ4n) is 5.74. The summed E-state index contributed by atoms with van der Waals surface area (Å²) in [5.74, 6) is -3.60. The second kappa shape index (κ2) is 8.57. The normalized spacial score (nSPS) is 23.6. The molecule has 0 saturated carbocycles. The van der Waals surface area contributed by atoms with Crippen LogP contribution in [-0.2, 0) is 9.59 Å². The maximum Gasteiger partial charge on any atom is 0.248 e. The van der Waals surface area contributed by atoms with Crippen LogP contribution in [0.3, 0.4) is 0 Å². The van der Waals surface area contributed by atoms with Crippen LogP contribution in [0.5, 0.6) is 0 Å². The first-order chi connectivity index (χ1) is 17.8. The van der Waals surface area contributed by atoms with Crippen molar-refractivity contribution in [1.82, 2.24) is 4.90 Å². The van der Waals surface area contributed by atoms with E-state index in [1.165, 1.54) is 30.3 Å². The van der Waals surface area contributed by atoms with E-state index in [9.17, 15) is 19.2 Å². The quantitative estimate of drug-likeness (QED) is 0.394. The number of benzene rings is 3. The molecule has 0 spiro atoms. The first-order valence-corrected chi connectivity index (χ1v) is 12.3. The van der Waals surface area contributed by atoms with E-state index in [1.807, 2.05) is 35.2 Å². The predicted molar refractivity (Wildman–Crippen MR) is 139 cm³/mol. The maximum absolute atomic E-state index is 14.0. The minimum Gasteiger partial charge on any atom is -0.366 e. The third-order valence-corrected chi connectivity index (χ3v) is 7.88. The Kier molecular flexibility index (Phi) is 5.44. The molecule has 0 aromatic heterocycles. The lowest BCUT2D eigenvalue weighted by Crippen LogP contribution is -2.44. The molecule has 2 saturated heterocycles. The van der Waals surface area contributed by atoms with E-state index in [0.29, 0.717) is 10.7 Å². The van der Waals surface area contributed by atoms with Gasteiger partial charge in [0.25, 0.3) is 0 Å². The van der Waals surface area contributed by atoms with Gasteiger partial charge in [-0.3, -0.25) is 19.2 Å². The van der Waals surface area contributed by atoms with Crippen molar-refractivity contribution in [2.24, 2.45) is 17.6 Å². The van der Waals surface area contributed by atoms with Gasteiger partial charge >= 0.3 is 0 Å². The van der Waals surface area contributed by atoms with Crippen molar-refractivity contribution in [1.29, 1.82) is 0 Å². The van der Waals surface area contributed by atoms with Crippen molar-refractivity contribution < 1.29 is 19.2 Å². The third kappa shape index (κ3) is 3.49. The summed E-state index contributed by atoms with van der Waals surface area (Å²) in [6.45, 7) is 0. The summed E-state index contributed by atoms with van der Waals surface area (Å²) < 4.78 is 0. The van der Waals surface area contributed by atoms with Gasteiger partial charge in [0.05, 0.1) is 28.6 Å². The number of carbonyl (C=O) groups excluding carboxylic acids is 4. The lowest BCUT2D eigenvalue weighted by Gasteiger charge is -2.35. The van der Waals surface area contributed by atoms with Crippen molar-refractivity contribution in [3.63, 3.8) is 0 Å². The zero-order chi connectivity index (χ0) is 26.0. The molecule has 0 unspecified atom stereocenters. The van der Waals surface area contributed by atoms with Gasteiger partial charge in [0.1, 0.15) is 6.04 Å². The van der Waals surface area contributed by atoms with E-state index in [-0.39, 0.29) is 21.9 Å². The molecular weight excluding hydrogens is 513 g/mol. The molecule has 184 valence electrons. The lowest BCUT2D eigenvalue weighted by molar-refractivity contribution is -0.123. The highest BCUT2D eigenvalue weighted by Gasteiger charge is 2.64. The topological polar surface area (TPSA) is 101 Å². The highest BCUT2D eigenvalue weighted by molar-refractivity contribution is 6.37. The average molecular weight is 532 g/mol. The van der Waals surface area contributed by atoms with Gasteiger partial charge in [-0.15, -0.1) is 0 Å². The van der Waals surface area contributed by atoms with Gasteiger partial charge in [0.2, 0.25) is 17.7 Å². The fourth-order valence-corrected chi connectivity index (χ4v) is 6.24. The van der Waals surface area contributed by atoms with Gasteiger partial charge in [-0.2, -0.15) is 0 Å². The number of halogens is 2. The summed E-state index contributed by atoms with van der Waals surface area (Å²) in [5, 5.41) is 0.558. The van der Waals surface area contributed by atoms with Gasteiger partial charge in [-0.05, 0) is 59.7 Å². The van der Waals surface area contributed by atoms with Crippen molar-refractivity contribution in [3.05, 3.63) is 105 Å². The van der Waals surface area contributed by atoms with Crippen molar-refractivity contribution in [2.75, 3.05) is 4.90 Å². The molecule has 3 aliphatic rings. The zero-order valence-corrected chi connectivity index (χ0v) is 20.7. The number of fused-ring (bicyclic) bond motifs is 5. The molecule has 3 aromatic carbocycles. The van der Waals surface area contributed by atoms with Gasteiger partial charge in [0.15, 0.2) is 5.78 Å². The summed E-state index contributed by atoms with van der Waals surface area (Å²) >= 11 is 12.4. The van der Waals surface area contributed by atoms with Crippen LogP contribution < -0.4 is 10.6 Å². The second-order valence-electron chi connectivity index (χ2n) is 9.24. The van der Waals surface area contributed by atoms with Gasteiger partial charge < -0.3 is 10.6 Å². The number of Topliss-reactive ketones (excluding diaryl/α,β-unsaturated/α-hetero) is 1. The van der Waals surface area contributed by atoms with Gasteiger partial charge in [-0.25, -0.2) is 4.90 Å². The Labute approximate surface area is 222 Å². The fraction of sp³-hybridized carbons (Fsp3) is 0.143. The molecule has 3 amide bonds. The van der Waals surface area contributed by atoms with Crippen LogP contribution in [-0.4, -0.2) is 34.4 Å². The number of carbonyl (C=O) groups is 4. The van der Waals surface area contributed by atoms with Crippen LogP contribution in [0.4, 0.5) is 5.69 Å². The van der Waals surface area contributed by atoms with E-state index in [1.54, 1.807) is 18.3 Å². The number of primary amides is 1. The SMILES string of the molecule is NC(=O)c1ccc(N2C(=O)[C@@H]3[C@H](C2=O)[C@H]2c4ccccc4C=CN2[C@@H]3C(=O)c2ccc(Cl)cc2Cl)cc1. The summed E-state index contributed by atoms with van der Waals surface area (Å²) in [5.41, 5.74) is 7.93. The van der Waals surface area contributed by atoms with Crippen LogP contribution in [0.25, 0.3) is 6.08 Å². The number of nitrogens with zero attached hydrogens (tertiary/aromatic N) is 2. The molecule has 0 bridgehead atoms. The highest BCUT2D eigenvalue weighted by atomic mass is 35.5. The van der Waals surface area contributed by atoms with Crippen LogP contribution in [0.1, 0.15) is 37.9 Å². The number of ketones is 1. The van der Waals surface area contributed by atoms with Crippen LogP contribution >= 0.6 is 23.2 Å². The first-order valence-electron chi connectivity index (χ1n) is 11.6. The molecular formula is C28H19Cl2N3O4. The molecule has 3 aliphatic heterocycles. The molecule has 0 radical (unpaired) electrons. The minimum absolute atomic E-state index is 0.176. The molecule has 4 atom stereocenters. The molecule has 3 heterocycles. The minimum atomic E-state index is -0.954. The van der Waals surface area contributed by atoms with Crippen molar-refractivity contribution in [3.8, 4) is 0 Å². The first kappa shape index (κ1) is 23.5. The Morgan fingerprint density at radius 2 is 1.57 bits per heavy atom. The van der Waals surface area contributed by atoms with Crippen LogP contribution in [0.15, 0.2) is 72.9 Å². The van der Waals surface area contributed by atoms with Crippen LogP contribution in [0, 0.1) is 11.8 Å². The Bertz CT molecular complexity index is 1530. The van der Waals surface area contributed by atoms with E-state index in [4.69, 9.17) is 28.9 Å². The second-order valence-corrected chi connectivity index (χ2v) is 10.1. The predicted octanol–water partition coefficient (Wildman–Crippen LogP) is 4.49. The smallest absolute Gasteiger partial charge is 0.248 e. The van der Waals surface area contributed by atoms with E-state index in [2.05, 4.69) is 0 Å². The number of amides is 3. The monoisotopic (exact) mass is 531 g/mol. The maximum atomic E-state index is 14.0. The van der Waals surface area contributed by atoms with E-state index >= 15 is 0 Å². The van der Waals surface area contributed by atoms with E-state index < -0.39 is 41.6 Å². The average Bonchev–Trinajstić information content (AvgIpc) is 3.36. The molecule has 0 aliphatic carbocycles. The Morgan fingerprint density at radius 1 is 0.865 bits per heavy atom. The number of rotatable bonds is 4. The van der Waals surface area contributed by atoms with Gasteiger partial charge in [0, 0.05) is 22.3 Å². The van der Waals surface area contributed by atoms with Gasteiger partial charge in [-0.1, -0.05) is 47.5 Å². The lowest BCUT2D eigenvalue weighted by atomic mass is 9.83. The molecule has 2 N–H and O–H groups in total.